The molecule has 1 nitrogen and oxygen atoms in total. The quantitative estimate of drug-likeness (QED) is 0.704. The van der Waals surface area contributed by atoms with Gasteiger partial charge in [0.25, 0.3) is 0 Å². The van der Waals surface area contributed by atoms with E-state index >= 15 is 0 Å². The van der Waals surface area contributed by atoms with E-state index in [2.05, 4.69) is 0 Å². The van der Waals surface area contributed by atoms with Gasteiger partial charge in [-0.2, -0.15) is 0 Å². The normalized spacial score (nSPS) is 10.1. The van der Waals surface area contributed by atoms with Crippen molar-refractivity contribution in [1.82, 2.24) is 0 Å². The Morgan fingerprint density at radius 1 is 1.38 bits per heavy atom. The van der Waals surface area contributed by atoms with Crippen LogP contribution in [0.3, 0.4) is 0 Å². The highest BCUT2D eigenvalue weighted by molar-refractivity contribution is 6.32. The molecule has 0 aliphatic rings. The van der Waals surface area contributed by atoms with E-state index in [0.717, 1.165) is 18.6 Å². The van der Waals surface area contributed by atoms with Gasteiger partial charge in [0.15, 0.2) is 0 Å². The van der Waals surface area contributed by atoms with Crippen LogP contribution in [0.1, 0.15) is 12.0 Å². The first kappa shape index (κ1) is 10.7. The van der Waals surface area contributed by atoms with Gasteiger partial charge in [-0.05, 0) is 30.5 Å². The number of alkyl halides is 1. The maximum absolute atomic E-state index is 5.95. The average Bonchev–Trinajstić information content (AvgIpc) is 2.15. The second kappa shape index (κ2) is 5.36. The van der Waals surface area contributed by atoms with Crippen LogP contribution in [0.25, 0.3) is 0 Å². The van der Waals surface area contributed by atoms with Crippen LogP contribution in [0.2, 0.25) is 5.02 Å². The van der Waals surface area contributed by atoms with Gasteiger partial charge in [-0.25, -0.2) is 0 Å². The lowest BCUT2D eigenvalue weighted by molar-refractivity contribution is 0.415. The van der Waals surface area contributed by atoms with Gasteiger partial charge in [0.1, 0.15) is 5.75 Å². The number of ether oxygens (including phenoxy) is 1. The molecule has 0 spiro atoms. The van der Waals surface area contributed by atoms with Crippen molar-refractivity contribution in [3.8, 4) is 5.75 Å². The molecule has 72 valence electrons. The zero-order valence-corrected chi connectivity index (χ0v) is 9.03. The third-order valence-corrected chi connectivity index (χ3v) is 2.38. The molecular formula is C10H12Cl2O. The van der Waals surface area contributed by atoms with Crippen molar-refractivity contribution in [2.75, 3.05) is 13.0 Å². The number of aryl methyl sites for hydroxylation is 1. The zero-order chi connectivity index (χ0) is 9.68. The average molecular weight is 219 g/mol. The van der Waals surface area contributed by atoms with E-state index in [4.69, 9.17) is 27.9 Å². The lowest BCUT2D eigenvalue weighted by atomic mass is 10.1. The molecule has 0 N–H and O–H groups in total. The molecular weight excluding hydrogens is 207 g/mol. The summed E-state index contributed by atoms with van der Waals surface area (Å²) < 4.78 is 5.05. The fourth-order valence-corrected chi connectivity index (χ4v) is 1.55. The molecule has 0 amide bonds. The maximum Gasteiger partial charge on any atom is 0.137 e. The van der Waals surface area contributed by atoms with Gasteiger partial charge in [-0.1, -0.05) is 17.7 Å². The Labute approximate surface area is 88.6 Å². The summed E-state index contributed by atoms with van der Waals surface area (Å²) in [6.07, 6.45) is 1.94. The number of hydrogen-bond donors (Lipinski definition) is 0. The molecule has 0 aliphatic heterocycles. The number of methoxy groups -OCH3 is 1. The molecule has 0 aliphatic carbocycles. The largest absolute Gasteiger partial charge is 0.495 e. The summed E-state index contributed by atoms with van der Waals surface area (Å²) in [7, 11) is 1.61. The second-order valence-electron chi connectivity index (χ2n) is 2.76. The fourth-order valence-electron chi connectivity index (χ4n) is 1.14. The van der Waals surface area contributed by atoms with Gasteiger partial charge >= 0.3 is 0 Å². The monoisotopic (exact) mass is 218 g/mol. The molecule has 0 heterocycles. The molecule has 1 rings (SSSR count). The Morgan fingerprint density at radius 3 is 2.69 bits per heavy atom. The molecule has 1 aromatic rings. The standard InChI is InChI=1S/C10H12Cl2O/c1-13-10-5-4-8(3-2-6-11)7-9(10)12/h4-5,7H,2-3,6H2,1H3. The number of halogens is 2. The Bertz CT molecular complexity index is 274. The highest BCUT2D eigenvalue weighted by Crippen LogP contribution is 2.25. The van der Waals surface area contributed by atoms with E-state index in [1.165, 1.54) is 5.56 Å². The van der Waals surface area contributed by atoms with Gasteiger partial charge in [0.2, 0.25) is 0 Å². The van der Waals surface area contributed by atoms with E-state index in [1.807, 2.05) is 18.2 Å². The summed E-state index contributed by atoms with van der Waals surface area (Å²) in [4.78, 5) is 0. The van der Waals surface area contributed by atoms with Crippen molar-refractivity contribution < 1.29 is 4.74 Å². The smallest absolute Gasteiger partial charge is 0.137 e. The molecule has 0 atom stereocenters. The van der Waals surface area contributed by atoms with Crippen molar-refractivity contribution in [3.05, 3.63) is 28.8 Å². The summed E-state index contributed by atoms with van der Waals surface area (Å²) in [6.45, 7) is 0. The fraction of sp³-hybridized carbons (Fsp3) is 0.400. The molecule has 0 radical (unpaired) electrons. The molecule has 1 aromatic carbocycles. The molecule has 0 saturated carbocycles. The first-order valence-corrected chi connectivity index (χ1v) is 5.07. The molecule has 13 heavy (non-hydrogen) atoms. The van der Waals surface area contributed by atoms with Crippen LogP contribution in [0.5, 0.6) is 5.75 Å². The predicted molar refractivity (Wildman–Crippen MR) is 57.0 cm³/mol. The minimum atomic E-state index is 0.662. The van der Waals surface area contributed by atoms with Crippen LogP contribution in [0, 0.1) is 0 Å². The predicted octanol–water partition coefficient (Wildman–Crippen LogP) is 3.52. The van der Waals surface area contributed by atoms with E-state index in [1.54, 1.807) is 7.11 Å². The lowest BCUT2D eigenvalue weighted by Crippen LogP contribution is -1.89. The van der Waals surface area contributed by atoms with Crippen LogP contribution in [0.4, 0.5) is 0 Å². The minimum absolute atomic E-state index is 0.662. The van der Waals surface area contributed by atoms with E-state index in [-0.39, 0.29) is 0 Å². The molecule has 0 bridgehead atoms. The van der Waals surface area contributed by atoms with Crippen LogP contribution >= 0.6 is 23.2 Å². The summed E-state index contributed by atoms with van der Waals surface area (Å²) in [5, 5.41) is 0.662. The summed E-state index contributed by atoms with van der Waals surface area (Å²) in [5.41, 5.74) is 1.20. The highest BCUT2D eigenvalue weighted by Gasteiger charge is 2.00. The summed E-state index contributed by atoms with van der Waals surface area (Å²) >= 11 is 11.5. The van der Waals surface area contributed by atoms with Crippen molar-refractivity contribution in [2.24, 2.45) is 0 Å². The first-order chi connectivity index (χ1) is 6.27. The van der Waals surface area contributed by atoms with Gasteiger partial charge in [0, 0.05) is 5.88 Å². The molecule has 0 unspecified atom stereocenters. The Morgan fingerprint density at radius 2 is 2.15 bits per heavy atom. The van der Waals surface area contributed by atoms with Gasteiger partial charge in [-0.15, -0.1) is 11.6 Å². The van der Waals surface area contributed by atoms with Gasteiger partial charge in [-0.3, -0.25) is 0 Å². The van der Waals surface area contributed by atoms with E-state index in [0.29, 0.717) is 10.9 Å². The third-order valence-electron chi connectivity index (χ3n) is 1.82. The first-order valence-electron chi connectivity index (χ1n) is 4.16. The Kier molecular flexibility index (Phi) is 4.40. The van der Waals surface area contributed by atoms with Crippen molar-refractivity contribution in [2.45, 2.75) is 12.8 Å². The molecule has 3 heteroatoms. The Balaban J connectivity index is 2.71. The lowest BCUT2D eigenvalue weighted by Gasteiger charge is -2.04. The second-order valence-corrected chi connectivity index (χ2v) is 3.55. The molecule has 0 saturated heterocycles. The molecule has 0 aromatic heterocycles. The van der Waals surface area contributed by atoms with E-state index < -0.39 is 0 Å². The van der Waals surface area contributed by atoms with Crippen LogP contribution < -0.4 is 4.74 Å². The summed E-state index contributed by atoms with van der Waals surface area (Å²) in [6, 6.07) is 5.82. The third kappa shape index (κ3) is 3.09. The van der Waals surface area contributed by atoms with Crippen LogP contribution in [-0.2, 0) is 6.42 Å². The van der Waals surface area contributed by atoms with Crippen molar-refractivity contribution >= 4 is 23.2 Å². The number of benzene rings is 1. The number of hydrogen-bond acceptors (Lipinski definition) is 1. The van der Waals surface area contributed by atoms with Crippen LogP contribution in [-0.4, -0.2) is 13.0 Å². The topological polar surface area (TPSA) is 9.23 Å². The van der Waals surface area contributed by atoms with Gasteiger partial charge in [0.05, 0.1) is 12.1 Å². The maximum atomic E-state index is 5.95. The summed E-state index contributed by atoms with van der Waals surface area (Å²) in [5.74, 6) is 1.40. The zero-order valence-electron chi connectivity index (χ0n) is 7.52. The highest BCUT2D eigenvalue weighted by atomic mass is 35.5. The number of rotatable bonds is 4. The van der Waals surface area contributed by atoms with Crippen LogP contribution in [0.15, 0.2) is 18.2 Å². The van der Waals surface area contributed by atoms with Crippen molar-refractivity contribution in [3.63, 3.8) is 0 Å². The minimum Gasteiger partial charge on any atom is -0.495 e. The van der Waals surface area contributed by atoms with Crippen molar-refractivity contribution in [1.29, 1.82) is 0 Å². The van der Waals surface area contributed by atoms with Gasteiger partial charge < -0.3 is 4.74 Å². The SMILES string of the molecule is COc1ccc(CCCCl)cc1Cl. The van der Waals surface area contributed by atoms with E-state index in [9.17, 15) is 0 Å². The Hall–Kier alpha value is -0.400. The molecule has 0 fully saturated rings.